The average molecular weight is 266 g/mol. The van der Waals surface area contributed by atoms with Crippen LogP contribution in [-0.4, -0.2) is 21.6 Å². The third-order valence-electron chi connectivity index (χ3n) is 4.25. The number of hydrogen-bond acceptors (Lipinski definition) is 2. The van der Waals surface area contributed by atoms with Crippen molar-refractivity contribution in [1.29, 1.82) is 0 Å². The molecule has 1 fully saturated rings. The molecular weight excluding hydrogens is 240 g/mol. The molecule has 0 saturated heterocycles. The minimum Gasteiger partial charge on any atom is -0.352 e. The smallest absolute Gasteiger partial charge is 0.0225 e. The van der Waals surface area contributed by atoms with Crippen LogP contribution < -0.4 is 5.32 Å². The number of aromatic nitrogens is 1. The Morgan fingerprint density at radius 3 is 2.78 bits per heavy atom. The molecule has 1 N–H and O–H groups in total. The second-order valence-electron chi connectivity index (χ2n) is 5.42. The molecule has 0 spiro atoms. The van der Waals surface area contributed by atoms with E-state index in [2.05, 4.69) is 55.5 Å². The van der Waals surface area contributed by atoms with Gasteiger partial charge in [-0.3, -0.25) is 0 Å². The Hall–Kier alpha value is -0.410. The molecule has 1 saturated carbocycles. The van der Waals surface area contributed by atoms with Crippen LogP contribution in [-0.2, 0) is 13.6 Å². The Morgan fingerprint density at radius 2 is 2.17 bits per heavy atom. The highest BCUT2D eigenvalue weighted by molar-refractivity contribution is 7.99. The van der Waals surface area contributed by atoms with E-state index in [-0.39, 0.29) is 0 Å². The summed E-state index contributed by atoms with van der Waals surface area (Å²) < 4.78 is 2.28. The summed E-state index contributed by atoms with van der Waals surface area (Å²) in [6, 6.07) is 3.05. The first-order valence-electron chi connectivity index (χ1n) is 7.08. The topological polar surface area (TPSA) is 17.0 Å². The number of thioether (sulfide) groups is 1. The molecule has 18 heavy (non-hydrogen) atoms. The van der Waals surface area contributed by atoms with Gasteiger partial charge in [0.25, 0.3) is 0 Å². The molecule has 1 heterocycles. The monoisotopic (exact) mass is 266 g/mol. The largest absolute Gasteiger partial charge is 0.352 e. The molecule has 2 unspecified atom stereocenters. The van der Waals surface area contributed by atoms with Gasteiger partial charge in [0, 0.05) is 36.3 Å². The van der Waals surface area contributed by atoms with Crippen LogP contribution in [0.4, 0.5) is 0 Å². The molecule has 0 radical (unpaired) electrons. The van der Waals surface area contributed by atoms with Gasteiger partial charge in [0.1, 0.15) is 0 Å². The molecule has 0 bridgehead atoms. The van der Waals surface area contributed by atoms with E-state index in [0.717, 1.165) is 17.8 Å². The summed E-state index contributed by atoms with van der Waals surface area (Å²) in [6.45, 7) is 7.69. The molecule has 1 aromatic heterocycles. The molecule has 2 atom stereocenters. The number of aryl methyl sites for hydroxylation is 1. The molecule has 1 aliphatic rings. The predicted octanol–water partition coefficient (Wildman–Crippen LogP) is 3.41. The van der Waals surface area contributed by atoms with E-state index in [1.807, 2.05) is 0 Å². The maximum atomic E-state index is 3.74. The highest BCUT2D eigenvalue weighted by Crippen LogP contribution is 2.29. The minimum atomic E-state index is 0.731. The van der Waals surface area contributed by atoms with Crippen LogP contribution >= 0.6 is 11.8 Å². The quantitative estimate of drug-likeness (QED) is 0.879. The molecular formula is C15H26N2S. The van der Waals surface area contributed by atoms with E-state index < -0.39 is 0 Å². The molecule has 1 aliphatic carbocycles. The Balaban J connectivity index is 1.83. The number of nitrogens with one attached hydrogen (secondary N) is 1. The van der Waals surface area contributed by atoms with E-state index >= 15 is 0 Å². The average Bonchev–Trinajstić information content (AvgIpc) is 2.88. The lowest BCUT2D eigenvalue weighted by molar-refractivity contribution is 0.524. The van der Waals surface area contributed by atoms with E-state index in [4.69, 9.17) is 0 Å². The lowest BCUT2D eigenvalue weighted by Crippen LogP contribution is -2.26. The standard InChI is InChI=1S/C15H26N2S/c1-5-18-15-7-6-14(9-15)16-10-13-8-11(2)17(4)12(13)3/h8,14-16H,5-7,9-10H2,1-4H3. The summed E-state index contributed by atoms with van der Waals surface area (Å²) in [6.07, 6.45) is 4.09. The van der Waals surface area contributed by atoms with Crippen molar-refractivity contribution in [3.05, 3.63) is 23.0 Å². The molecule has 0 aliphatic heterocycles. The van der Waals surface area contributed by atoms with E-state index in [0.29, 0.717) is 0 Å². The first kappa shape index (κ1) is 14.0. The van der Waals surface area contributed by atoms with E-state index in [1.165, 1.54) is 42.0 Å². The summed E-state index contributed by atoms with van der Waals surface area (Å²) in [5, 5.41) is 4.64. The Morgan fingerprint density at radius 1 is 1.39 bits per heavy atom. The van der Waals surface area contributed by atoms with Gasteiger partial charge in [-0.1, -0.05) is 6.92 Å². The van der Waals surface area contributed by atoms with Crippen LogP contribution in [0.3, 0.4) is 0 Å². The Bertz CT molecular complexity index is 397. The molecule has 1 aromatic rings. The molecule has 2 nitrogen and oxygen atoms in total. The van der Waals surface area contributed by atoms with Crippen molar-refractivity contribution in [2.45, 2.75) is 57.9 Å². The van der Waals surface area contributed by atoms with Gasteiger partial charge in [-0.05, 0) is 50.5 Å². The summed E-state index contributed by atoms with van der Waals surface area (Å²) in [4.78, 5) is 0. The van der Waals surface area contributed by atoms with Crippen LogP contribution in [0, 0.1) is 13.8 Å². The first-order valence-corrected chi connectivity index (χ1v) is 8.13. The van der Waals surface area contributed by atoms with Gasteiger partial charge >= 0.3 is 0 Å². The van der Waals surface area contributed by atoms with Crippen LogP contribution in [0.25, 0.3) is 0 Å². The lowest BCUT2D eigenvalue weighted by Gasteiger charge is -2.13. The fourth-order valence-electron chi connectivity index (χ4n) is 2.88. The number of nitrogens with zero attached hydrogens (tertiary/aromatic N) is 1. The van der Waals surface area contributed by atoms with E-state index in [1.54, 1.807) is 0 Å². The zero-order valence-corrected chi connectivity index (χ0v) is 12.9. The fourth-order valence-corrected chi connectivity index (χ4v) is 4.02. The van der Waals surface area contributed by atoms with Gasteiger partial charge in [0.05, 0.1) is 0 Å². The summed E-state index contributed by atoms with van der Waals surface area (Å²) in [7, 11) is 2.15. The highest BCUT2D eigenvalue weighted by atomic mass is 32.2. The van der Waals surface area contributed by atoms with Crippen molar-refractivity contribution < 1.29 is 0 Å². The molecule has 0 amide bonds. The Kier molecular flexibility index (Phi) is 4.79. The van der Waals surface area contributed by atoms with Crippen molar-refractivity contribution >= 4 is 11.8 Å². The maximum absolute atomic E-state index is 3.74. The normalized spacial score (nSPS) is 23.8. The molecule has 2 rings (SSSR count). The second kappa shape index (κ2) is 6.16. The van der Waals surface area contributed by atoms with Gasteiger partial charge < -0.3 is 9.88 Å². The van der Waals surface area contributed by atoms with Crippen LogP contribution in [0.1, 0.15) is 43.1 Å². The second-order valence-corrected chi connectivity index (χ2v) is 7.00. The van der Waals surface area contributed by atoms with Crippen molar-refractivity contribution in [2.75, 3.05) is 5.75 Å². The predicted molar refractivity (Wildman–Crippen MR) is 81.3 cm³/mol. The Labute approximate surface area is 116 Å². The zero-order valence-electron chi connectivity index (χ0n) is 12.1. The zero-order chi connectivity index (χ0) is 13.1. The highest BCUT2D eigenvalue weighted by Gasteiger charge is 2.24. The van der Waals surface area contributed by atoms with Crippen molar-refractivity contribution in [3.63, 3.8) is 0 Å². The van der Waals surface area contributed by atoms with Crippen LogP contribution in [0.15, 0.2) is 6.07 Å². The number of hydrogen-bond donors (Lipinski definition) is 1. The van der Waals surface area contributed by atoms with Crippen molar-refractivity contribution in [1.82, 2.24) is 9.88 Å². The molecule has 0 aromatic carbocycles. The number of rotatable bonds is 5. The maximum Gasteiger partial charge on any atom is 0.0225 e. The van der Waals surface area contributed by atoms with Gasteiger partial charge in [-0.25, -0.2) is 0 Å². The van der Waals surface area contributed by atoms with Crippen molar-refractivity contribution in [3.8, 4) is 0 Å². The van der Waals surface area contributed by atoms with Crippen molar-refractivity contribution in [2.24, 2.45) is 7.05 Å². The SMILES string of the molecule is CCSC1CCC(NCc2cc(C)n(C)c2C)C1. The van der Waals surface area contributed by atoms with E-state index in [9.17, 15) is 0 Å². The summed E-state index contributed by atoms with van der Waals surface area (Å²) >= 11 is 2.13. The summed E-state index contributed by atoms with van der Waals surface area (Å²) in [5.41, 5.74) is 4.22. The first-order chi connectivity index (χ1) is 8.61. The molecule has 3 heteroatoms. The van der Waals surface area contributed by atoms with Gasteiger partial charge in [-0.2, -0.15) is 11.8 Å². The fraction of sp³-hybridized carbons (Fsp3) is 0.733. The summed E-state index contributed by atoms with van der Waals surface area (Å²) in [5.74, 6) is 1.26. The van der Waals surface area contributed by atoms with Crippen LogP contribution in [0.2, 0.25) is 0 Å². The third-order valence-corrected chi connectivity index (χ3v) is 5.48. The van der Waals surface area contributed by atoms with Gasteiger partial charge in [-0.15, -0.1) is 0 Å². The molecule has 102 valence electrons. The minimum absolute atomic E-state index is 0.731. The lowest BCUT2D eigenvalue weighted by atomic mass is 10.2. The third kappa shape index (κ3) is 3.12. The van der Waals surface area contributed by atoms with Gasteiger partial charge in [0.2, 0.25) is 0 Å². The van der Waals surface area contributed by atoms with Gasteiger partial charge in [0.15, 0.2) is 0 Å². The van der Waals surface area contributed by atoms with Crippen LogP contribution in [0.5, 0.6) is 0 Å².